The van der Waals surface area contributed by atoms with E-state index >= 15 is 0 Å². The molecule has 2 atom stereocenters. The molecule has 1 aliphatic carbocycles. The Morgan fingerprint density at radius 3 is 2.71 bits per heavy atom. The summed E-state index contributed by atoms with van der Waals surface area (Å²) in [6.45, 7) is 4.54. The average molecular weight is 488 g/mol. The fourth-order valence-electron chi connectivity index (χ4n) is 4.90. The van der Waals surface area contributed by atoms with E-state index in [-0.39, 0.29) is 11.1 Å². The minimum atomic E-state index is -0.491. The summed E-state index contributed by atoms with van der Waals surface area (Å²) in [6, 6.07) is 6.80. The first-order valence-corrected chi connectivity index (χ1v) is 11.9. The lowest BCUT2D eigenvalue weighted by Gasteiger charge is -2.39. The van der Waals surface area contributed by atoms with Gasteiger partial charge in [0.25, 0.3) is 0 Å². The van der Waals surface area contributed by atoms with Crippen LogP contribution in [0.3, 0.4) is 0 Å². The Hall–Kier alpha value is -3.14. The van der Waals surface area contributed by atoms with E-state index in [0.29, 0.717) is 42.0 Å². The molecule has 1 saturated carbocycles. The van der Waals surface area contributed by atoms with Crippen molar-refractivity contribution in [1.29, 1.82) is 0 Å². The Balaban J connectivity index is 1.30. The standard InChI is InChI=1S/C23H27ClFN7O2/c1-3-8-32-23(34-17-6-7-19(25)18(24)10-17)28-22(30-32)27-21-14-4-5-15(21)13-31(12-14)16-9-20(33-2)29-26-11-16/h6-7,9-11,14-15,21H,3-5,8,12-13H2,1-2H3,(H,27,30). The van der Waals surface area contributed by atoms with Gasteiger partial charge in [-0.25, -0.2) is 9.07 Å². The Morgan fingerprint density at radius 1 is 1.21 bits per heavy atom. The van der Waals surface area contributed by atoms with Crippen LogP contribution >= 0.6 is 11.6 Å². The smallest absolute Gasteiger partial charge is 0.322 e. The summed E-state index contributed by atoms with van der Waals surface area (Å²) < 4.78 is 26.4. The van der Waals surface area contributed by atoms with Crippen molar-refractivity contribution in [2.75, 3.05) is 30.4 Å². The van der Waals surface area contributed by atoms with Gasteiger partial charge in [-0.05, 0) is 43.2 Å². The third kappa shape index (κ3) is 4.59. The first-order chi connectivity index (χ1) is 16.5. The lowest BCUT2D eigenvalue weighted by atomic mass is 9.92. The first kappa shape index (κ1) is 22.6. The van der Waals surface area contributed by atoms with Crippen molar-refractivity contribution in [1.82, 2.24) is 25.0 Å². The number of rotatable bonds is 8. The maximum absolute atomic E-state index is 13.5. The number of hydrogen-bond acceptors (Lipinski definition) is 8. The Bertz CT molecular complexity index is 1150. The van der Waals surface area contributed by atoms with E-state index in [0.717, 1.165) is 38.0 Å². The summed E-state index contributed by atoms with van der Waals surface area (Å²) in [4.78, 5) is 6.95. The van der Waals surface area contributed by atoms with Crippen molar-refractivity contribution in [3.8, 4) is 17.6 Å². The fourth-order valence-corrected chi connectivity index (χ4v) is 5.07. The Morgan fingerprint density at radius 2 is 2.00 bits per heavy atom. The molecule has 180 valence electrons. The van der Waals surface area contributed by atoms with Gasteiger partial charge in [-0.2, -0.15) is 10.1 Å². The van der Waals surface area contributed by atoms with Gasteiger partial charge in [0.1, 0.15) is 11.6 Å². The van der Waals surface area contributed by atoms with Crippen molar-refractivity contribution >= 4 is 23.2 Å². The summed E-state index contributed by atoms with van der Waals surface area (Å²) in [5, 5.41) is 16.3. The van der Waals surface area contributed by atoms with E-state index in [1.54, 1.807) is 18.0 Å². The van der Waals surface area contributed by atoms with E-state index in [1.165, 1.54) is 18.2 Å². The van der Waals surface area contributed by atoms with Gasteiger partial charge in [0.05, 0.1) is 24.0 Å². The molecule has 2 fully saturated rings. The van der Waals surface area contributed by atoms with E-state index in [4.69, 9.17) is 21.1 Å². The normalized spacial score (nSPS) is 21.5. The number of halogens is 2. The molecule has 1 N–H and O–H groups in total. The number of piperidine rings is 1. The Kier molecular flexibility index (Phi) is 6.40. The van der Waals surface area contributed by atoms with Crippen LogP contribution in [0.25, 0.3) is 0 Å². The molecule has 2 aromatic heterocycles. The molecule has 3 aromatic rings. The topological polar surface area (TPSA) is 90.2 Å². The molecule has 3 heterocycles. The Labute approximate surface area is 202 Å². The van der Waals surface area contributed by atoms with E-state index in [9.17, 15) is 4.39 Å². The second-order valence-electron chi connectivity index (χ2n) is 8.75. The van der Waals surface area contributed by atoms with Crippen LogP contribution in [0.1, 0.15) is 26.2 Å². The van der Waals surface area contributed by atoms with Crippen molar-refractivity contribution in [3.63, 3.8) is 0 Å². The molecule has 5 rings (SSSR count). The second kappa shape index (κ2) is 9.61. The molecule has 0 amide bonds. The zero-order chi connectivity index (χ0) is 23.7. The number of methoxy groups -OCH3 is 1. The van der Waals surface area contributed by atoms with Crippen LogP contribution < -0.4 is 19.7 Å². The molecule has 2 aliphatic rings. The monoisotopic (exact) mass is 487 g/mol. The minimum Gasteiger partial charge on any atom is -0.480 e. The van der Waals surface area contributed by atoms with Crippen LogP contribution in [-0.2, 0) is 6.54 Å². The highest BCUT2D eigenvalue weighted by molar-refractivity contribution is 6.30. The van der Waals surface area contributed by atoms with E-state index in [1.807, 2.05) is 6.07 Å². The number of anilines is 2. The number of hydrogen-bond donors (Lipinski definition) is 1. The predicted molar refractivity (Wildman–Crippen MR) is 126 cm³/mol. The third-order valence-electron chi connectivity index (χ3n) is 6.49. The molecule has 1 aliphatic heterocycles. The highest BCUT2D eigenvalue weighted by Crippen LogP contribution is 2.40. The number of aryl methyl sites for hydroxylation is 1. The van der Waals surface area contributed by atoms with Crippen LogP contribution in [0.4, 0.5) is 16.0 Å². The van der Waals surface area contributed by atoms with Gasteiger partial charge in [-0.15, -0.1) is 10.2 Å². The molecule has 11 heteroatoms. The van der Waals surface area contributed by atoms with Gasteiger partial charge in [0.2, 0.25) is 11.8 Å². The molecule has 2 bridgehead atoms. The number of ether oxygens (including phenoxy) is 2. The second-order valence-corrected chi connectivity index (χ2v) is 9.16. The zero-order valence-electron chi connectivity index (χ0n) is 19.1. The van der Waals surface area contributed by atoms with Crippen LogP contribution in [-0.4, -0.2) is 51.2 Å². The fraction of sp³-hybridized carbons (Fsp3) is 0.478. The van der Waals surface area contributed by atoms with Crippen LogP contribution in [0, 0.1) is 17.7 Å². The van der Waals surface area contributed by atoms with Gasteiger partial charge in [-0.1, -0.05) is 18.5 Å². The summed E-state index contributed by atoms with van der Waals surface area (Å²) in [5.74, 6) is 1.89. The van der Waals surface area contributed by atoms with E-state index < -0.39 is 5.82 Å². The van der Waals surface area contributed by atoms with Crippen molar-refractivity contribution in [3.05, 3.63) is 41.3 Å². The number of nitrogens with zero attached hydrogens (tertiary/aromatic N) is 6. The van der Waals surface area contributed by atoms with Crippen LogP contribution in [0.2, 0.25) is 5.02 Å². The lowest BCUT2D eigenvalue weighted by molar-refractivity contribution is 0.372. The van der Waals surface area contributed by atoms with Gasteiger partial charge >= 0.3 is 6.01 Å². The number of benzene rings is 1. The molecule has 1 aromatic carbocycles. The summed E-state index contributed by atoms with van der Waals surface area (Å²) in [6.07, 6.45) is 4.94. The average Bonchev–Trinajstić information content (AvgIpc) is 3.31. The van der Waals surface area contributed by atoms with Crippen LogP contribution in [0.15, 0.2) is 30.5 Å². The van der Waals surface area contributed by atoms with Crippen LogP contribution in [0.5, 0.6) is 17.6 Å². The van der Waals surface area contributed by atoms with Gasteiger partial charge < -0.3 is 19.7 Å². The number of nitrogens with one attached hydrogen (secondary N) is 1. The molecule has 1 saturated heterocycles. The van der Waals surface area contributed by atoms with Crippen molar-refractivity contribution in [2.45, 2.75) is 38.8 Å². The maximum Gasteiger partial charge on any atom is 0.322 e. The molecule has 0 radical (unpaired) electrons. The molecular formula is C23H27ClFN7O2. The quantitative estimate of drug-likeness (QED) is 0.500. The molecule has 0 spiro atoms. The number of fused-ring (bicyclic) bond motifs is 2. The summed E-state index contributed by atoms with van der Waals surface area (Å²) in [7, 11) is 1.60. The largest absolute Gasteiger partial charge is 0.480 e. The SMILES string of the molecule is CCCn1nc(NC2C3CCC2CN(c2cnnc(OC)c2)C3)nc1Oc1ccc(F)c(Cl)c1. The van der Waals surface area contributed by atoms with Gasteiger partial charge in [0.15, 0.2) is 0 Å². The van der Waals surface area contributed by atoms with Crippen molar-refractivity contribution < 1.29 is 13.9 Å². The zero-order valence-corrected chi connectivity index (χ0v) is 19.9. The third-order valence-corrected chi connectivity index (χ3v) is 6.78. The van der Waals surface area contributed by atoms with Gasteiger partial charge in [0, 0.05) is 37.8 Å². The summed E-state index contributed by atoms with van der Waals surface area (Å²) in [5.41, 5.74) is 1.03. The highest BCUT2D eigenvalue weighted by atomic mass is 35.5. The van der Waals surface area contributed by atoms with Crippen molar-refractivity contribution in [2.24, 2.45) is 11.8 Å². The maximum atomic E-state index is 13.5. The molecule has 2 unspecified atom stereocenters. The highest BCUT2D eigenvalue weighted by Gasteiger charge is 2.42. The predicted octanol–water partition coefficient (Wildman–Crippen LogP) is 4.40. The lowest BCUT2D eigenvalue weighted by Crippen LogP contribution is -2.48. The first-order valence-electron chi connectivity index (χ1n) is 11.5. The van der Waals surface area contributed by atoms with Gasteiger partial charge in [-0.3, -0.25) is 0 Å². The molecule has 9 nitrogen and oxygen atoms in total. The molecule has 34 heavy (non-hydrogen) atoms. The minimum absolute atomic E-state index is 0.00255. The molecular weight excluding hydrogens is 461 g/mol. The number of aromatic nitrogens is 5. The van der Waals surface area contributed by atoms with E-state index in [2.05, 4.69) is 37.4 Å². The summed E-state index contributed by atoms with van der Waals surface area (Å²) >= 11 is 5.90.